The van der Waals surface area contributed by atoms with E-state index in [-0.39, 0.29) is 18.1 Å². The molecule has 0 unspecified atom stereocenters. The second-order valence-corrected chi connectivity index (χ2v) is 6.83. The van der Waals surface area contributed by atoms with Crippen molar-refractivity contribution < 1.29 is 29.8 Å². The van der Waals surface area contributed by atoms with Gasteiger partial charge in [-0.05, 0) is 48.7 Å². The van der Waals surface area contributed by atoms with Gasteiger partial charge in [0.2, 0.25) is 6.79 Å². The number of hydrogen-bond donors (Lipinski definition) is 4. The number of aliphatic hydroxyl groups is 1. The van der Waals surface area contributed by atoms with Gasteiger partial charge in [-0.25, -0.2) is 0 Å². The summed E-state index contributed by atoms with van der Waals surface area (Å²) in [7, 11) is 0. The molecule has 0 bridgehead atoms. The summed E-state index contributed by atoms with van der Waals surface area (Å²) in [4.78, 5) is 11.3. The molecule has 1 aliphatic heterocycles. The average molecular weight is 373 g/mol. The summed E-state index contributed by atoms with van der Waals surface area (Å²) in [5.41, 5.74) is 6.99. The van der Waals surface area contributed by atoms with Crippen molar-refractivity contribution in [2.45, 2.75) is 31.9 Å². The third-order valence-corrected chi connectivity index (χ3v) is 4.76. The molecular weight excluding hydrogens is 348 g/mol. The number of rotatable bonds is 8. The number of nitrogens with two attached hydrogens (primary N) is 2. The first-order valence-corrected chi connectivity index (χ1v) is 8.96. The first-order chi connectivity index (χ1) is 12.9. The van der Waals surface area contributed by atoms with Crippen LogP contribution in [0.5, 0.6) is 17.2 Å². The Balaban J connectivity index is 1.49. The number of primary amides is 1. The topological polar surface area (TPSA) is 119 Å². The van der Waals surface area contributed by atoms with Crippen LogP contribution in [-0.2, 0) is 6.42 Å². The maximum absolute atomic E-state index is 11.3. The highest BCUT2D eigenvalue weighted by atomic mass is 16.7. The molecule has 0 aliphatic carbocycles. The van der Waals surface area contributed by atoms with Crippen LogP contribution in [0.3, 0.4) is 0 Å². The molecule has 3 rings (SSSR count). The zero-order chi connectivity index (χ0) is 19.4. The molecule has 2 aromatic carbocycles. The van der Waals surface area contributed by atoms with E-state index in [1.54, 1.807) is 6.07 Å². The molecule has 7 heteroatoms. The SMILES string of the molecule is C[C@@H](CCc1ccc2c(c1)OCO2)[NH2+]C[C@@H](O)c1ccc(O)c(C(N)=O)c1. The second-order valence-electron chi connectivity index (χ2n) is 6.83. The van der Waals surface area contributed by atoms with Gasteiger partial charge in [0.1, 0.15) is 18.4 Å². The summed E-state index contributed by atoms with van der Waals surface area (Å²) < 4.78 is 10.7. The number of quaternary nitrogens is 1. The Bertz CT molecular complexity index is 824. The molecule has 1 amide bonds. The van der Waals surface area contributed by atoms with Crippen LogP contribution in [0.15, 0.2) is 36.4 Å². The quantitative estimate of drug-likeness (QED) is 0.547. The van der Waals surface area contributed by atoms with Crippen LogP contribution in [0, 0.1) is 0 Å². The van der Waals surface area contributed by atoms with Crippen LogP contribution in [0.4, 0.5) is 0 Å². The molecule has 0 fully saturated rings. The number of carbonyl (C=O) groups excluding carboxylic acids is 1. The number of aliphatic hydroxyl groups excluding tert-OH is 1. The fraction of sp³-hybridized carbons (Fsp3) is 0.350. The Morgan fingerprint density at radius 3 is 2.78 bits per heavy atom. The fourth-order valence-corrected chi connectivity index (χ4v) is 3.06. The van der Waals surface area contributed by atoms with Gasteiger partial charge in [0, 0.05) is 6.42 Å². The molecule has 2 aromatic rings. The van der Waals surface area contributed by atoms with Crippen molar-refractivity contribution >= 4 is 5.91 Å². The molecule has 0 spiro atoms. The summed E-state index contributed by atoms with van der Waals surface area (Å²) >= 11 is 0. The lowest BCUT2D eigenvalue weighted by atomic mass is 10.0. The van der Waals surface area contributed by atoms with Crippen molar-refractivity contribution in [3.63, 3.8) is 0 Å². The minimum Gasteiger partial charge on any atom is -0.507 e. The monoisotopic (exact) mass is 373 g/mol. The number of phenols is 1. The molecule has 7 nitrogen and oxygen atoms in total. The molecule has 144 valence electrons. The largest absolute Gasteiger partial charge is 0.507 e. The highest BCUT2D eigenvalue weighted by molar-refractivity contribution is 5.95. The van der Waals surface area contributed by atoms with E-state index in [0.717, 1.165) is 24.3 Å². The van der Waals surface area contributed by atoms with E-state index >= 15 is 0 Å². The summed E-state index contributed by atoms with van der Waals surface area (Å²) in [6.07, 6.45) is 1.08. The van der Waals surface area contributed by atoms with Gasteiger partial charge in [0.25, 0.3) is 5.91 Å². The van der Waals surface area contributed by atoms with E-state index in [4.69, 9.17) is 15.2 Å². The number of fused-ring (bicyclic) bond motifs is 1. The lowest BCUT2D eigenvalue weighted by Gasteiger charge is -2.15. The summed E-state index contributed by atoms with van der Waals surface area (Å²) in [5, 5.41) is 22.1. The Labute approximate surface area is 157 Å². The minimum absolute atomic E-state index is 0.0161. The molecule has 0 saturated carbocycles. The Hall–Kier alpha value is -2.77. The maximum Gasteiger partial charge on any atom is 0.252 e. The van der Waals surface area contributed by atoms with E-state index in [9.17, 15) is 15.0 Å². The van der Waals surface area contributed by atoms with E-state index < -0.39 is 12.0 Å². The van der Waals surface area contributed by atoms with Crippen LogP contribution in [0.25, 0.3) is 0 Å². The molecule has 6 N–H and O–H groups in total. The average Bonchev–Trinajstić information content (AvgIpc) is 3.12. The standard InChI is InChI=1S/C20H24N2O5/c1-12(2-3-13-4-7-18-19(8-13)27-11-26-18)22-10-17(24)14-5-6-16(23)15(9-14)20(21)25/h4-9,12,17,22-24H,2-3,10-11H2,1H3,(H2,21,25)/p+1/t12-,17+/m0/s1. The van der Waals surface area contributed by atoms with Gasteiger partial charge in [-0.15, -0.1) is 0 Å². The third kappa shape index (κ3) is 4.69. The number of benzene rings is 2. The number of aryl methyl sites for hydroxylation is 1. The maximum atomic E-state index is 11.3. The normalized spacial score (nSPS) is 14.7. The molecule has 0 saturated heterocycles. The van der Waals surface area contributed by atoms with Gasteiger partial charge in [0.05, 0.1) is 11.6 Å². The molecule has 27 heavy (non-hydrogen) atoms. The molecule has 0 radical (unpaired) electrons. The highest BCUT2D eigenvalue weighted by Crippen LogP contribution is 2.32. The summed E-state index contributed by atoms with van der Waals surface area (Å²) in [6, 6.07) is 10.7. The molecular formula is C20H25N2O5+. The van der Waals surface area contributed by atoms with E-state index in [1.165, 1.54) is 17.7 Å². The minimum atomic E-state index is -0.753. The number of amides is 1. The first-order valence-electron chi connectivity index (χ1n) is 8.96. The van der Waals surface area contributed by atoms with Crippen molar-refractivity contribution in [2.75, 3.05) is 13.3 Å². The molecule has 0 aromatic heterocycles. The predicted octanol–water partition coefficient (Wildman–Crippen LogP) is 0.838. The van der Waals surface area contributed by atoms with Gasteiger partial charge in [0.15, 0.2) is 11.5 Å². The van der Waals surface area contributed by atoms with Crippen molar-refractivity contribution in [1.29, 1.82) is 0 Å². The Morgan fingerprint density at radius 2 is 2.00 bits per heavy atom. The van der Waals surface area contributed by atoms with E-state index in [2.05, 4.69) is 12.2 Å². The molecule has 1 aliphatic rings. The molecule has 1 heterocycles. The third-order valence-electron chi connectivity index (χ3n) is 4.76. The van der Waals surface area contributed by atoms with Crippen LogP contribution in [0.1, 0.15) is 40.9 Å². The zero-order valence-electron chi connectivity index (χ0n) is 15.2. The van der Waals surface area contributed by atoms with Gasteiger partial charge >= 0.3 is 0 Å². The first kappa shape index (κ1) is 19.0. The smallest absolute Gasteiger partial charge is 0.252 e. The number of aromatic hydroxyl groups is 1. The second kappa shape index (κ2) is 8.28. The highest BCUT2D eigenvalue weighted by Gasteiger charge is 2.17. The van der Waals surface area contributed by atoms with Crippen molar-refractivity contribution in [3.8, 4) is 17.2 Å². The van der Waals surface area contributed by atoms with Gasteiger partial charge < -0.3 is 30.7 Å². The van der Waals surface area contributed by atoms with Crippen LogP contribution >= 0.6 is 0 Å². The van der Waals surface area contributed by atoms with Gasteiger partial charge in [-0.2, -0.15) is 0 Å². The summed E-state index contributed by atoms with van der Waals surface area (Å²) in [6.45, 7) is 2.83. The number of ether oxygens (including phenoxy) is 2. The zero-order valence-corrected chi connectivity index (χ0v) is 15.2. The van der Waals surface area contributed by atoms with Crippen molar-refractivity contribution in [3.05, 3.63) is 53.1 Å². The van der Waals surface area contributed by atoms with Crippen LogP contribution < -0.4 is 20.5 Å². The summed E-state index contributed by atoms with van der Waals surface area (Å²) in [5.74, 6) is 0.671. The number of hydrogen-bond acceptors (Lipinski definition) is 5. The van der Waals surface area contributed by atoms with E-state index in [1.807, 2.05) is 18.2 Å². The Morgan fingerprint density at radius 1 is 1.22 bits per heavy atom. The van der Waals surface area contributed by atoms with Crippen molar-refractivity contribution in [1.82, 2.24) is 0 Å². The van der Waals surface area contributed by atoms with Crippen molar-refractivity contribution in [2.24, 2.45) is 5.73 Å². The number of carbonyl (C=O) groups is 1. The fourth-order valence-electron chi connectivity index (χ4n) is 3.06. The lowest BCUT2D eigenvalue weighted by molar-refractivity contribution is -0.693. The Kier molecular flexibility index (Phi) is 5.83. The van der Waals surface area contributed by atoms with Gasteiger partial charge in [-0.3, -0.25) is 4.79 Å². The van der Waals surface area contributed by atoms with E-state index in [0.29, 0.717) is 18.2 Å². The lowest BCUT2D eigenvalue weighted by Crippen LogP contribution is -2.90. The van der Waals surface area contributed by atoms with Crippen LogP contribution in [0.2, 0.25) is 0 Å². The van der Waals surface area contributed by atoms with Gasteiger partial charge in [-0.1, -0.05) is 12.1 Å². The van der Waals surface area contributed by atoms with Crippen LogP contribution in [-0.4, -0.2) is 35.5 Å². The molecule has 2 atom stereocenters. The predicted molar refractivity (Wildman–Crippen MR) is 98.7 cm³/mol.